The fraction of sp³-hybridized carbons (Fsp3) is 0.214. The summed E-state index contributed by atoms with van der Waals surface area (Å²) >= 11 is 3.35. The van der Waals surface area contributed by atoms with E-state index in [1.807, 2.05) is 25.1 Å². The fourth-order valence-electron chi connectivity index (χ4n) is 1.75. The van der Waals surface area contributed by atoms with Gasteiger partial charge in [-0.3, -0.25) is 4.79 Å². The normalized spacial score (nSPS) is 12.1. The zero-order valence-electron chi connectivity index (χ0n) is 10.0. The second kappa shape index (κ2) is 5.87. The van der Waals surface area contributed by atoms with Crippen LogP contribution in [-0.4, -0.2) is 11.9 Å². The van der Waals surface area contributed by atoms with Gasteiger partial charge in [0.25, 0.3) is 5.91 Å². The van der Waals surface area contributed by atoms with Crippen molar-refractivity contribution in [2.75, 3.05) is 0 Å². The van der Waals surface area contributed by atoms with Crippen LogP contribution >= 0.6 is 15.9 Å². The van der Waals surface area contributed by atoms with E-state index in [0.717, 1.165) is 16.5 Å². The molecular weight excluding hydrogens is 294 g/mol. The maximum absolute atomic E-state index is 12.0. The summed E-state index contributed by atoms with van der Waals surface area (Å²) in [6.45, 7) is 1.98. The van der Waals surface area contributed by atoms with E-state index in [1.165, 1.54) is 0 Å². The third-order valence-electron chi connectivity index (χ3n) is 2.59. The van der Waals surface area contributed by atoms with Gasteiger partial charge in [0.15, 0.2) is 0 Å². The number of carbonyl (C=O) groups excluding carboxylic acids is 1. The van der Waals surface area contributed by atoms with Crippen molar-refractivity contribution < 1.29 is 9.21 Å². The molecule has 0 aliphatic heterocycles. The van der Waals surface area contributed by atoms with Crippen molar-refractivity contribution in [2.24, 2.45) is 0 Å². The third kappa shape index (κ3) is 3.47. The zero-order valence-corrected chi connectivity index (χ0v) is 11.6. The number of benzene rings is 1. The van der Waals surface area contributed by atoms with E-state index in [-0.39, 0.29) is 11.9 Å². The standard InChI is InChI=1S/C14H14BrNO2/c1-10(7-11-5-6-18-9-11)16-14(17)12-3-2-4-13(15)8-12/h2-6,8-10H,7H2,1H3,(H,16,17)/t10-/m1/s1. The summed E-state index contributed by atoms with van der Waals surface area (Å²) in [7, 11) is 0. The first-order valence-corrected chi connectivity index (χ1v) is 6.52. The molecule has 0 bridgehead atoms. The van der Waals surface area contributed by atoms with Crippen LogP contribution in [0, 0.1) is 0 Å². The summed E-state index contributed by atoms with van der Waals surface area (Å²) in [6, 6.07) is 9.31. The Morgan fingerprint density at radius 2 is 2.28 bits per heavy atom. The third-order valence-corrected chi connectivity index (χ3v) is 3.08. The summed E-state index contributed by atoms with van der Waals surface area (Å²) < 4.78 is 5.90. The Morgan fingerprint density at radius 1 is 1.44 bits per heavy atom. The summed E-state index contributed by atoms with van der Waals surface area (Å²) in [5.41, 5.74) is 1.74. The molecule has 1 atom stereocenters. The lowest BCUT2D eigenvalue weighted by atomic mass is 10.1. The van der Waals surface area contributed by atoms with Gasteiger partial charge in [-0.25, -0.2) is 0 Å². The highest BCUT2D eigenvalue weighted by atomic mass is 79.9. The van der Waals surface area contributed by atoms with Crippen molar-refractivity contribution in [3.63, 3.8) is 0 Å². The van der Waals surface area contributed by atoms with Crippen LogP contribution in [0.2, 0.25) is 0 Å². The minimum Gasteiger partial charge on any atom is -0.472 e. The van der Waals surface area contributed by atoms with Gasteiger partial charge in [-0.15, -0.1) is 0 Å². The van der Waals surface area contributed by atoms with Crippen LogP contribution in [0.3, 0.4) is 0 Å². The molecule has 18 heavy (non-hydrogen) atoms. The molecule has 2 rings (SSSR count). The highest BCUT2D eigenvalue weighted by Gasteiger charge is 2.10. The smallest absolute Gasteiger partial charge is 0.251 e. The summed E-state index contributed by atoms with van der Waals surface area (Å²) in [5, 5.41) is 2.96. The number of nitrogens with one attached hydrogen (secondary N) is 1. The van der Waals surface area contributed by atoms with E-state index < -0.39 is 0 Å². The lowest BCUT2D eigenvalue weighted by molar-refractivity contribution is 0.0940. The lowest BCUT2D eigenvalue weighted by Gasteiger charge is -2.13. The SMILES string of the molecule is C[C@H](Cc1ccoc1)NC(=O)c1cccc(Br)c1. The summed E-state index contributed by atoms with van der Waals surface area (Å²) in [4.78, 5) is 12.0. The minimum absolute atomic E-state index is 0.0627. The zero-order chi connectivity index (χ0) is 13.0. The van der Waals surface area contributed by atoms with Gasteiger partial charge in [0.2, 0.25) is 0 Å². The number of carbonyl (C=O) groups is 1. The average molecular weight is 308 g/mol. The summed E-state index contributed by atoms with van der Waals surface area (Å²) in [5.74, 6) is -0.0627. The first kappa shape index (κ1) is 12.9. The second-order valence-electron chi connectivity index (χ2n) is 4.22. The van der Waals surface area contributed by atoms with Crippen LogP contribution in [0.4, 0.5) is 0 Å². The molecule has 2 aromatic rings. The van der Waals surface area contributed by atoms with Crippen molar-refractivity contribution in [1.29, 1.82) is 0 Å². The molecule has 0 aliphatic carbocycles. The van der Waals surface area contributed by atoms with Gasteiger partial charge in [-0.1, -0.05) is 22.0 Å². The first-order chi connectivity index (χ1) is 8.65. The molecule has 1 N–H and O–H groups in total. The van der Waals surface area contributed by atoms with Gasteiger partial charge in [-0.2, -0.15) is 0 Å². The highest BCUT2D eigenvalue weighted by molar-refractivity contribution is 9.10. The van der Waals surface area contributed by atoms with E-state index in [0.29, 0.717) is 5.56 Å². The topological polar surface area (TPSA) is 42.2 Å². The predicted molar refractivity (Wildman–Crippen MR) is 73.5 cm³/mol. The molecule has 0 saturated carbocycles. The van der Waals surface area contributed by atoms with Crippen LogP contribution < -0.4 is 5.32 Å². The molecule has 1 heterocycles. The second-order valence-corrected chi connectivity index (χ2v) is 5.14. The Hall–Kier alpha value is -1.55. The Labute approximate surface area is 114 Å². The van der Waals surface area contributed by atoms with Crippen LogP contribution in [0.25, 0.3) is 0 Å². The van der Waals surface area contributed by atoms with Gasteiger partial charge >= 0.3 is 0 Å². The Balaban J connectivity index is 1.95. The van der Waals surface area contributed by atoms with Crippen LogP contribution in [0.5, 0.6) is 0 Å². The highest BCUT2D eigenvalue weighted by Crippen LogP contribution is 2.12. The van der Waals surface area contributed by atoms with Crippen molar-refractivity contribution in [2.45, 2.75) is 19.4 Å². The molecule has 0 radical (unpaired) electrons. The number of amides is 1. The number of rotatable bonds is 4. The van der Waals surface area contributed by atoms with Gasteiger partial charge < -0.3 is 9.73 Å². The number of hydrogen-bond acceptors (Lipinski definition) is 2. The molecule has 0 fully saturated rings. The van der Waals surface area contributed by atoms with Gasteiger partial charge in [-0.05, 0) is 43.2 Å². The monoisotopic (exact) mass is 307 g/mol. The van der Waals surface area contributed by atoms with E-state index in [9.17, 15) is 4.79 Å². The minimum atomic E-state index is -0.0627. The van der Waals surface area contributed by atoms with Crippen molar-refractivity contribution in [1.82, 2.24) is 5.32 Å². The predicted octanol–water partition coefficient (Wildman–Crippen LogP) is 3.40. The lowest BCUT2D eigenvalue weighted by Crippen LogP contribution is -2.33. The van der Waals surface area contributed by atoms with Gasteiger partial charge in [0.1, 0.15) is 0 Å². The molecule has 0 spiro atoms. The van der Waals surface area contributed by atoms with E-state index >= 15 is 0 Å². The molecule has 1 aromatic heterocycles. The molecule has 94 valence electrons. The Bertz CT molecular complexity index is 522. The van der Waals surface area contributed by atoms with Crippen LogP contribution in [-0.2, 0) is 6.42 Å². The van der Waals surface area contributed by atoms with Gasteiger partial charge in [0, 0.05) is 16.1 Å². The maximum atomic E-state index is 12.0. The molecule has 0 unspecified atom stereocenters. The quantitative estimate of drug-likeness (QED) is 0.940. The molecule has 4 heteroatoms. The van der Waals surface area contributed by atoms with Crippen molar-refractivity contribution in [3.8, 4) is 0 Å². The van der Waals surface area contributed by atoms with E-state index in [4.69, 9.17) is 4.42 Å². The van der Waals surface area contributed by atoms with Crippen molar-refractivity contribution >= 4 is 21.8 Å². The molecular formula is C14H14BrNO2. The van der Waals surface area contributed by atoms with Gasteiger partial charge in [0.05, 0.1) is 12.5 Å². The Kier molecular flexibility index (Phi) is 4.20. The molecule has 0 aliphatic rings. The average Bonchev–Trinajstić information content (AvgIpc) is 2.81. The number of hydrogen-bond donors (Lipinski definition) is 1. The molecule has 1 aromatic carbocycles. The van der Waals surface area contributed by atoms with Crippen molar-refractivity contribution in [3.05, 3.63) is 58.5 Å². The first-order valence-electron chi connectivity index (χ1n) is 5.72. The molecule has 3 nitrogen and oxygen atoms in total. The Morgan fingerprint density at radius 3 is 2.94 bits per heavy atom. The van der Waals surface area contributed by atoms with E-state index in [1.54, 1.807) is 24.7 Å². The van der Waals surface area contributed by atoms with E-state index in [2.05, 4.69) is 21.2 Å². The van der Waals surface area contributed by atoms with Crippen LogP contribution in [0.1, 0.15) is 22.8 Å². The molecule has 0 saturated heterocycles. The number of halogens is 1. The maximum Gasteiger partial charge on any atom is 0.251 e. The van der Waals surface area contributed by atoms with Crippen LogP contribution in [0.15, 0.2) is 51.7 Å². The number of furan rings is 1. The fourth-order valence-corrected chi connectivity index (χ4v) is 2.15. The molecule has 1 amide bonds. The largest absolute Gasteiger partial charge is 0.472 e. The summed E-state index contributed by atoms with van der Waals surface area (Å²) in [6.07, 6.45) is 4.09.